The van der Waals surface area contributed by atoms with E-state index >= 15 is 0 Å². The molecule has 4 heterocycles. The van der Waals surface area contributed by atoms with Crippen LogP contribution in [0.3, 0.4) is 0 Å². The van der Waals surface area contributed by atoms with Crippen LogP contribution < -0.4 is 21.3 Å². The molecule has 4 amide bonds. The standard InChI is InChI=1S/C56H68N6O2/c63-55(59-39-21-17-37(18-22-39)31-35-61-51-25-26-52(61)48-14-6-5-13-47(48)51)57-33-29-45-41-9-1-2-10-42(41)46(44-12-4-3-11-43(44)45)30-34-58-56(64)60-40-23-19-38(20-24-40)32-36-62-53-27-28-54(62)50-16-8-7-15-49(50)53/h1-16,37-40,51-54H,17-36H2,(H2,57,59,63)(H2,58,60,64)/t37?,38?,39?,40?,51-,52+,53-,54+. The Kier molecular flexibility index (Phi) is 12.1. The largest absolute Gasteiger partial charge is 0.338 e. The van der Waals surface area contributed by atoms with Crippen molar-refractivity contribution < 1.29 is 9.59 Å². The van der Waals surface area contributed by atoms with Gasteiger partial charge < -0.3 is 21.3 Å². The molecular formula is C56H68N6O2. The predicted octanol–water partition coefficient (Wildman–Crippen LogP) is 11.4. The molecule has 4 bridgehead atoms. The number of nitrogens with zero attached hydrogens (tertiary/aromatic N) is 2. The van der Waals surface area contributed by atoms with Gasteiger partial charge in [0.1, 0.15) is 0 Å². The summed E-state index contributed by atoms with van der Waals surface area (Å²) in [6.07, 6.45) is 18.3. The Bertz CT molecular complexity index is 2180. The molecule has 4 atom stereocenters. The summed E-state index contributed by atoms with van der Waals surface area (Å²) in [5, 5.41) is 18.0. The lowest BCUT2D eigenvalue weighted by molar-refractivity contribution is 0.185. The maximum Gasteiger partial charge on any atom is 0.315 e. The zero-order valence-electron chi connectivity index (χ0n) is 37.7. The van der Waals surface area contributed by atoms with E-state index in [0.29, 0.717) is 37.3 Å². The molecule has 2 saturated carbocycles. The SMILES string of the molecule is O=C(NCCc1c2ccccc2c(CCNC(=O)NC2CCC(CCN3[C@@H]4CC[C@H]3c3ccccc34)CC2)c2ccccc12)NC1CCC(CCN2[C@@H]3CC[C@H]2c2ccccc23)CC1. The summed E-state index contributed by atoms with van der Waals surface area (Å²) in [5.74, 6) is 1.50. The van der Waals surface area contributed by atoms with E-state index in [2.05, 4.69) is 128 Å². The van der Waals surface area contributed by atoms with Crippen LogP contribution in [0.4, 0.5) is 9.59 Å². The Morgan fingerprint density at radius 1 is 0.422 bits per heavy atom. The molecule has 6 aliphatic rings. The number of carbonyl (C=O) groups is 2. The first-order chi connectivity index (χ1) is 31.6. The molecule has 8 heteroatoms. The molecule has 0 radical (unpaired) electrons. The zero-order valence-corrected chi connectivity index (χ0v) is 37.7. The van der Waals surface area contributed by atoms with Crippen LogP contribution in [-0.4, -0.2) is 60.1 Å². The third kappa shape index (κ3) is 8.30. The first-order valence-corrected chi connectivity index (χ1v) is 25.2. The third-order valence-electron chi connectivity index (χ3n) is 16.9. The Morgan fingerprint density at radius 2 is 0.734 bits per heavy atom. The van der Waals surface area contributed by atoms with E-state index in [4.69, 9.17) is 0 Å². The van der Waals surface area contributed by atoms with Crippen LogP contribution in [0, 0.1) is 11.8 Å². The van der Waals surface area contributed by atoms with Crippen molar-refractivity contribution in [2.24, 2.45) is 11.8 Å². The van der Waals surface area contributed by atoms with E-state index in [-0.39, 0.29) is 24.1 Å². The fourth-order valence-corrected chi connectivity index (χ4v) is 13.7. The van der Waals surface area contributed by atoms with Crippen LogP contribution >= 0.6 is 0 Å². The van der Waals surface area contributed by atoms with Gasteiger partial charge in [0.15, 0.2) is 0 Å². The van der Waals surface area contributed by atoms with E-state index in [1.807, 2.05) is 0 Å². The number of hydrogen-bond acceptors (Lipinski definition) is 4. The Hall–Kier alpha value is -4.92. The number of amides is 4. The lowest BCUT2D eigenvalue weighted by Crippen LogP contribution is -2.44. The van der Waals surface area contributed by atoms with Crippen LogP contribution in [0.15, 0.2) is 97.1 Å². The number of fused-ring (bicyclic) bond motifs is 12. The van der Waals surface area contributed by atoms with Gasteiger partial charge in [-0.25, -0.2) is 9.59 Å². The second-order valence-electron chi connectivity index (χ2n) is 20.3. The van der Waals surface area contributed by atoms with E-state index in [1.165, 1.54) is 110 Å². The quantitative estimate of drug-likeness (QED) is 0.0838. The molecule has 11 rings (SSSR count). The maximum absolute atomic E-state index is 13.2. The molecule has 4 N–H and O–H groups in total. The molecular weight excluding hydrogens is 789 g/mol. The van der Waals surface area contributed by atoms with Crippen molar-refractivity contribution in [1.82, 2.24) is 31.1 Å². The van der Waals surface area contributed by atoms with Crippen LogP contribution in [0.2, 0.25) is 0 Å². The second-order valence-corrected chi connectivity index (χ2v) is 20.3. The fraction of sp³-hybridized carbons (Fsp3) is 0.500. The predicted molar refractivity (Wildman–Crippen MR) is 258 cm³/mol. The average molecular weight is 857 g/mol. The summed E-state index contributed by atoms with van der Waals surface area (Å²) in [6.45, 7) is 3.55. The minimum atomic E-state index is -0.0480. The van der Waals surface area contributed by atoms with Gasteiger partial charge >= 0.3 is 12.1 Å². The average Bonchev–Trinajstić information content (AvgIpc) is 4.10. The third-order valence-corrected chi connectivity index (χ3v) is 16.9. The van der Waals surface area contributed by atoms with Gasteiger partial charge in [0.05, 0.1) is 0 Å². The van der Waals surface area contributed by atoms with Gasteiger partial charge in [0.25, 0.3) is 0 Å². The molecule has 8 nitrogen and oxygen atoms in total. The zero-order chi connectivity index (χ0) is 43.0. The minimum absolute atomic E-state index is 0.0480. The molecule has 0 spiro atoms. The van der Waals surface area contributed by atoms with Crippen LogP contribution in [-0.2, 0) is 12.8 Å². The van der Waals surface area contributed by atoms with Gasteiger partial charge in [-0.3, -0.25) is 9.80 Å². The van der Waals surface area contributed by atoms with Gasteiger partial charge in [0, 0.05) is 49.3 Å². The first kappa shape index (κ1) is 41.8. The Balaban J connectivity index is 0.625. The topological polar surface area (TPSA) is 88.7 Å². The van der Waals surface area contributed by atoms with Crippen molar-refractivity contribution in [2.75, 3.05) is 26.2 Å². The van der Waals surface area contributed by atoms with Crippen LogP contribution in [0.5, 0.6) is 0 Å². The van der Waals surface area contributed by atoms with Crippen LogP contribution in [0.1, 0.15) is 147 Å². The molecule has 334 valence electrons. The number of benzene rings is 5. The molecule has 2 saturated heterocycles. The lowest BCUT2D eigenvalue weighted by atomic mass is 9.84. The highest BCUT2D eigenvalue weighted by Crippen LogP contribution is 2.54. The summed E-state index contributed by atoms with van der Waals surface area (Å²) in [7, 11) is 0. The van der Waals surface area contributed by atoms with Crippen molar-refractivity contribution in [3.05, 3.63) is 130 Å². The molecule has 5 aromatic rings. The van der Waals surface area contributed by atoms with E-state index in [0.717, 1.165) is 50.4 Å². The molecule has 0 aromatic heterocycles. The Morgan fingerprint density at radius 3 is 1.06 bits per heavy atom. The smallest absolute Gasteiger partial charge is 0.315 e. The number of rotatable bonds is 14. The summed E-state index contributed by atoms with van der Waals surface area (Å²) in [6, 6.07) is 38.5. The lowest BCUT2D eigenvalue weighted by Gasteiger charge is -2.31. The van der Waals surface area contributed by atoms with E-state index in [9.17, 15) is 9.59 Å². The molecule has 5 aromatic carbocycles. The fourth-order valence-electron chi connectivity index (χ4n) is 13.7. The molecule has 0 unspecified atom stereocenters. The van der Waals surface area contributed by atoms with E-state index in [1.54, 1.807) is 22.3 Å². The van der Waals surface area contributed by atoms with Crippen molar-refractivity contribution in [3.8, 4) is 0 Å². The van der Waals surface area contributed by atoms with Gasteiger partial charge in [-0.05, 0) is 183 Å². The van der Waals surface area contributed by atoms with Crippen LogP contribution in [0.25, 0.3) is 21.5 Å². The van der Waals surface area contributed by atoms with Crippen molar-refractivity contribution in [3.63, 3.8) is 0 Å². The first-order valence-electron chi connectivity index (χ1n) is 25.2. The van der Waals surface area contributed by atoms with Gasteiger partial charge in [-0.1, -0.05) is 97.1 Å². The normalized spacial score (nSPS) is 27.1. The van der Waals surface area contributed by atoms with E-state index < -0.39 is 0 Å². The number of urea groups is 2. The molecule has 64 heavy (non-hydrogen) atoms. The number of hydrogen-bond donors (Lipinski definition) is 4. The Labute approximate surface area is 380 Å². The van der Waals surface area contributed by atoms with Gasteiger partial charge in [-0.2, -0.15) is 0 Å². The minimum Gasteiger partial charge on any atom is -0.338 e. The summed E-state index contributed by atoms with van der Waals surface area (Å²) in [5.41, 5.74) is 8.84. The van der Waals surface area contributed by atoms with Gasteiger partial charge in [0.2, 0.25) is 0 Å². The molecule has 4 fully saturated rings. The maximum atomic E-state index is 13.2. The number of carbonyl (C=O) groups excluding carboxylic acids is 2. The number of nitrogens with one attached hydrogen (secondary N) is 4. The van der Waals surface area contributed by atoms with Crippen molar-refractivity contribution >= 4 is 33.6 Å². The summed E-state index contributed by atoms with van der Waals surface area (Å²) < 4.78 is 0. The molecule has 4 aliphatic heterocycles. The van der Waals surface area contributed by atoms with Crippen molar-refractivity contribution in [2.45, 2.75) is 139 Å². The summed E-state index contributed by atoms with van der Waals surface area (Å²) in [4.78, 5) is 32.0. The summed E-state index contributed by atoms with van der Waals surface area (Å²) >= 11 is 0. The highest BCUT2D eigenvalue weighted by Gasteiger charge is 2.44. The highest BCUT2D eigenvalue weighted by molar-refractivity contribution is 6.06. The highest BCUT2D eigenvalue weighted by atomic mass is 16.2. The monoisotopic (exact) mass is 857 g/mol. The second kappa shape index (κ2) is 18.5. The van der Waals surface area contributed by atoms with Crippen molar-refractivity contribution in [1.29, 1.82) is 0 Å². The molecule has 2 aliphatic carbocycles. The van der Waals surface area contributed by atoms with Gasteiger partial charge in [-0.15, -0.1) is 0 Å².